The molecular formula is C23H36. The number of benzene rings is 1. The molecule has 128 valence electrons. The van der Waals surface area contributed by atoms with Crippen molar-refractivity contribution in [2.45, 2.75) is 84.5 Å². The first-order valence-corrected chi connectivity index (χ1v) is 10.0. The van der Waals surface area contributed by atoms with E-state index in [1.807, 2.05) is 0 Å². The van der Waals surface area contributed by atoms with Gasteiger partial charge in [-0.15, -0.1) is 0 Å². The highest BCUT2D eigenvalue weighted by molar-refractivity contribution is 5.24. The molecule has 0 heteroatoms. The molecule has 0 saturated heterocycles. The van der Waals surface area contributed by atoms with Gasteiger partial charge in [-0.25, -0.2) is 0 Å². The van der Waals surface area contributed by atoms with Crippen LogP contribution in [0, 0.1) is 11.8 Å². The molecular weight excluding hydrogens is 276 g/mol. The van der Waals surface area contributed by atoms with Crippen LogP contribution < -0.4 is 0 Å². The number of allylic oxidation sites excluding steroid dienone is 2. The molecule has 1 aromatic carbocycles. The molecule has 0 nitrogen and oxygen atoms in total. The Morgan fingerprint density at radius 3 is 2.13 bits per heavy atom. The molecule has 0 N–H and O–H groups in total. The quantitative estimate of drug-likeness (QED) is 0.336. The Morgan fingerprint density at radius 2 is 1.48 bits per heavy atom. The first-order chi connectivity index (χ1) is 11.3. The lowest BCUT2D eigenvalue weighted by atomic mass is 9.78. The van der Waals surface area contributed by atoms with Gasteiger partial charge in [-0.2, -0.15) is 0 Å². The summed E-state index contributed by atoms with van der Waals surface area (Å²) in [7, 11) is 0. The Kier molecular flexibility index (Phi) is 8.50. The fourth-order valence-electron chi connectivity index (χ4n) is 3.86. The van der Waals surface area contributed by atoms with Gasteiger partial charge in [0.25, 0.3) is 0 Å². The van der Waals surface area contributed by atoms with Crippen molar-refractivity contribution in [1.29, 1.82) is 0 Å². The smallest absolute Gasteiger partial charge is 0.00975 e. The monoisotopic (exact) mass is 312 g/mol. The Morgan fingerprint density at radius 1 is 0.826 bits per heavy atom. The summed E-state index contributed by atoms with van der Waals surface area (Å²) in [5, 5.41) is 0. The van der Waals surface area contributed by atoms with Crippen LogP contribution in [0.1, 0.15) is 82.8 Å². The van der Waals surface area contributed by atoms with Crippen molar-refractivity contribution in [3.8, 4) is 0 Å². The van der Waals surface area contributed by atoms with Crippen LogP contribution in [0.15, 0.2) is 36.4 Å². The minimum absolute atomic E-state index is 0.955. The van der Waals surface area contributed by atoms with Crippen LogP contribution in [-0.4, -0.2) is 0 Å². The van der Waals surface area contributed by atoms with Crippen LogP contribution in [0.5, 0.6) is 0 Å². The van der Waals surface area contributed by atoms with Crippen molar-refractivity contribution in [1.82, 2.24) is 0 Å². The van der Waals surface area contributed by atoms with Crippen LogP contribution in [0.25, 0.3) is 0 Å². The van der Waals surface area contributed by atoms with Crippen molar-refractivity contribution < 1.29 is 0 Å². The highest BCUT2D eigenvalue weighted by Gasteiger charge is 2.19. The summed E-state index contributed by atoms with van der Waals surface area (Å²) in [4.78, 5) is 0. The summed E-state index contributed by atoms with van der Waals surface area (Å²) in [5.41, 5.74) is 2.88. The van der Waals surface area contributed by atoms with Gasteiger partial charge >= 0.3 is 0 Å². The summed E-state index contributed by atoms with van der Waals surface area (Å²) in [6.45, 7) is 4.52. The van der Waals surface area contributed by atoms with E-state index in [2.05, 4.69) is 50.3 Å². The van der Waals surface area contributed by atoms with Crippen LogP contribution in [0.2, 0.25) is 0 Å². The fraction of sp³-hybridized carbons (Fsp3) is 0.652. The normalized spacial score (nSPS) is 21.8. The lowest BCUT2D eigenvalue weighted by Crippen LogP contribution is -2.14. The van der Waals surface area contributed by atoms with E-state index in [0.29, 0.717) is 0 Å². The Labute approximate surface area is 144 Å². The molecule has 1 aliphatic carbocycles. The summed E-state index contributed by atoms with van der Waals surface area (Å²) < 4.78 is 0. The molecule has 0 aromatic heterocycles. The average Bonchev–Trinajstić information content (AvgIpc) is 2.61. The number of hydrogen-bond donors (Lipinski definition) is 0. The van der Waals surface area contributed by atoms with Crippen molar-refractivity contribution in [2.75, 3.05) is 0 Å². The van der Waals surface area contributed by atoms with Gasteiger partial charge in [0, 0.05) is 0 Å². The molecule has 1 aliphatic rings. The maximum absolute atomic E-state index is 2.44. The van der Waals surface area contributed by atoms with E-state index in [9.17, 15) is 0 Å². The molecule has 0 atom stereocenters. The molecule has 0 aliphatic heterocycles. The van der Waals surface area contributed by atoms with E-state index in [-0.39, 0.29) is 0 Å². The van der Waals surface area contributed by atoms with Crippen LogP contribution >= 0.6 is 0 Å². The molecule has 1 fully saturated rings. The molecule has 0 amide bonds. The second-order valence-electron chi connectivity index (χ2n) is 7.46. The third-order valence-electron chi connectivity index (χ3n) is 5.60. The van der Waals surface area contributed by atoms with Gasteiger partial charge < -0.3 is 0 Å². The first kappa shape index (κ1) is 18.3. The maximum atomic E-state index is 2.44. The summed E-state index contributed by atoms with van der Waals surface area (Å²) in [6.07, 6.45) is 20.0. The zero-order valence-electron chi connectivity index (χ0n) is 15.4. The van der Waals surface area contributed by atoms with E-state index < -0.39 is 0 Å². The zero-order valence-corrected chi connectivity index (χ0v) is 15.4. The van der Waals surface area contributed by atoms with Crippen molar-refractivity contribution in [2.24, 2.45) is 11.8 Å². The minimum Gasteiger partial charge on any atom is -0.0879 e. The van der Waals surface area contributed by atoms with E-state index in [1.54, 1.807) is 0 Å². The molecule has 23 heavy (non-hydrogen) atoms. The third kappa shape index (κ3) is 6.94. The van der Waals surface area contributed by atoms with E-state index in [4.69, 9.17) is 0 Å². The third-order valence-corrected chi connectivity index (χ3v) is 5.60. The van der Waals surface area contributed by atoms with E-state index in [1.165, 1.54) is 68.9 Å². The van der Waals surface area contributed by atoms with Crippen LogP contribution in [0.3, 0.4) is 0 Å². The van der Waals surface area contributed by atoms with Gasteiger partial charge in [0.1, 0.15) is 0 Å². The number of hydrogen-bond acceptors (Lipinski definition) is 0. The molecule has 0 unspecified atom stereocenters. The van der Waals surface area contributed by atoms with Crippen LogP contribution in [0.4, 0.5) is 0 Å². The standard InChI is InChI=1S/C23H36/c1-3-5-6-9-21-16-18-23(19-17-21)11-8-7-10-22-14-12-20(4-2)13-15-22/h7-8,12-15,21,23H,3-6,9-11,16-19H2,1-2H3/b8-7-. The number of aryl methyl sites for hydroxylation is 1. The van der Waals surface area contributed by atoms with Crippen molar-refractivity contribution in [3.05, 3.63) is 47.5 Å². The van der Waals surface area contributed by atoms with E-state index >= 15 is 0 Å². The predicted molar refractivity (Wildman–Crippen MR) is 103 cm³/mol. The van der Waals surface area contributed by atoms with Crippen molar-refractivity contribution in [3.63, 3.8) is 0 Å². The maximum Gasteiger partial charge on any atom is -0.00975 e. The summed E-state index contributed by atoms with van der Waals surface area (Å²) >= 11 is 0. The van der Waals surface area contributed by atoms with Gasteiger partial charge in [-0.3, -0.25) is 0 Å². The lowest BCUT2D eigenvalue weighted by molar-refractivity contribution is 0.260. The summed E-state index contributed by atoms with van der Waals surface area (Å²) in [5.74, 6) is 2.00. The topological polar surface area (TPSA) is 0 Å². The Hall–Kier alpha value is -1.04. The largest absolute Gasteiger partial charge is 0.0879 e. The van der Waals surface area contributed by atoms with Gasteiger partial charge in [0.15, 0.2) is 0 Å². The van der Waals surface area contributed by atoms with Gasteiger partial charge in [-0.1, -0.05) is 88.8 Å². The number of unbranched alkanes of at least 4 members (excludes halogenated alkanes) is 2. The lowest BCUT2D eigenvalue weighted by Gasteiger charge is -2.27. The Bertz CT molecular complexity index is 432. The Balaban J connectivity index is 1.61. The molecule has 1 saturated carbocycles. The van der Waals surface area contributed by atoms with Crippen LogP contribution in [-0.2, 0) is 12.8 Å². The minimum atomic E-state index is 0.955. The fourth-order valence-corrected chi connectivity index (χ4v) is 3.86. The SMILES string of the molecule is CCCCCC1CCC(C/C=C\Cc2ccc(CC)cc2)CC1. The van der Waals surface area contributed by atoms with Crippen molar-refractivity contribution >= 4 is 0 Å². The van der Waals surface area contributed by atoms with E-state index in [0.717, 1.165) is 24.7 Å². The first-order valence-electron chi connectivity index (χ1n) is 10.0. The molecule has 2 rings (SSSR count). The zero-order chi connectivity index (χ0) is 16.3. The molecule has 0 radical (unpaired) electrons. The van der Waals surface area contributed by atoms with Gasteiger partial charge in [0.2, 0.25) is 0 Å². The van der Waals surface area contributed by atoms with Gasteiger partial charge in [0.05, 0.1) is 0 Å². The van der Waals surface area contributed by atoms with Gasteiger partial charge in [-0.05, 0) is 55.1 Å². The highest BCUT2D eigenvalue weighted by Crippen LogP contribution is 2.33. The molecule has 1 aromatic rings. The average molecular weight is 313 g/mol. The second-order valence-corrected chi connectivity index (χ2v) is 7.46. The summed E-state index contributed by atoms with van der Waals surface area (Å²) in [6, 6.07) is 9.10. The molecule has 0 heterocycles. The molecule has 0 spiro atoms. The highest BCUT2D eigenvalue weighted by atomic mass is 14.2. The number of rotatable bonds is 9. The predicted octanol–water partition coefficient (Wildman–Crippen LogP) is 7.12. The molecule has 0 bridgehead atoms. The second kappa shape index (κ2) is 10.7.